The maximum absolute atomic E-state index is 13.0. The lowest BCUT2D eigenvalue weighted by atomic mass is 9.98. The molecular weight excluding hydrogens is 533 g/mol. The van der Waals surface area contributed by atoms with Gasteiger partial charge in [-0.25, -0.2) is 9.59 Å². The van der Waals surface area contributed by atoms with Crippen LogP contribution in [0.15, 0.2) is 18.2 Å². The predicted octanol–water partition coefficient (Wildman–Crippen LogP) is 0.647. The van der Waals surface area contributed by atoms with Gasteiger partial charge in [0.25, 0.3) is 11.8 Å². The Labute approximate surface area is 217 Å². The summed E-state index contributed by atoms with van der Waals surface area (Å²) in [6.45, 7) is -0.300. The molecule has 3 aliphatic rings. The minimum absolute atomic E-state index is 0.0143. The van der Waals surface area contributed by atoms with Gasteiger partial charge in [-0.3, -0.25) is 34.2 Å². The monoisotopic (exact) mass is 556 g/mol. The quantitative estimate of drug-likeness (QED) is 0.310. The van der Waals surface area contributed by atoms with Crippen LogP contribution in [0.25, 0.3) is 0 Å². The summed E-state index contributed by atoms with van der Waals surface area (Å²) < 4.78 is 31.7. The molecule has 1 aromatic carbocycles. The van der Waals surface area contributed by atoms with E-state index in [1.807, 2.05) is 0 Å². The number of halogens is 3. The molecule has 16 heteroatoms. The van der Waals surface area contributed by atoms with E-state index in [2.05, 4.69) is 16.0 Å². The first-order valence-corrected chi connectivity index (χ1v) is 11.6. The number of carboxylic acid groups (broad SMARTS) is 2. The van der Waals surface area contributed by atoms with Crippen LogP contribution in [0.4, 0.5) is 18.9 Å². The zero-order valence-electron chi connectivity index (χ0n) is 20.1. The summed E-state index contributed by atoms with van der Waals surface area (Å²) in [4.78, 5) is 83.3. The number of hydrogen-bond donors (Lipinski definition) is 5. The first-order chi connectivity index (χ1) is 18.2. The Morgan fingerprint density at radius 2 is 1.67 bits per heavy atom. The fourth-order valence-corrected chi connectivity index (χ4v) is 4.52. The lowest BCUT2D eigenvalue weighted by Crippen LogP contribution is -2.54. The van der Waals surface area contributed by atoms with Crippen LogP contribution < -0.4 is 16.0 Å². The average Bonchev–Trinajstić information content (AvgIpc) is 3.42. The largest absolute Gasteiger partial charge is 0.490 e. The molecule has 5 N–H and O–H groups in total. The van der Waals surface area contributed by atoms with E-state index in [-0.39, 0.29) is 36.2 Å². The number of imide groups is 2. The van der Waals surface area contributed by atoms with E-state index >= 15 is 0 Å². The van der Waals surface area contributed by atoms with Crippen molar-refractivity contribution >= 4 is 47.2 Å². The zero-order valence-corrected chi connectivity index (χ0v) is 20.1. The molecule has 0 bridgehead atoms. The standard InChI is InChI=1S/C21H22N4O7.C2HF3O2/c26-14-7-6-13(17(28)23-14)25-18(29)11-4-3-5-12(16(11)19(25)30)22-10-15(27)24-21(20(31)32)8-1-2-9-21;3-2(4,5)1(6)7/h3-5,13,22H,1-2,6-10H2,(H,24,27)(H,31,32)(H,23,26,28);(H,6,7). The molecule has 2 aliphatic heterocycles. The SMILES string of the molecule is O=C(O)C(F)(F)F.O=C1CCC(N2C(=O)c3cccc(NCC(=O)NC4(C(=O)O)CCCC4)c3C2=O)C(=O)N1. The number of amides is 5. The average molecular weight is 556 g/mol. The van der Waals surface area contributed by atoms with E-state index in [1.54, 1.807) is 0 Å². The summed E-state index contributed by atoms with van der Waals surface area (Å²) in [6.07, 6.45) is -2.91. The topological polar surface area (TPSA) is 199 Å². The second kappa shape index (κ2) is 11.1. The van der Waals surface area contributed by atoms with E-state index in [9.17, 15) is 47.0 Å². The van der Waals surface area contributed by atoms with Crippen LogP contribution in [0.1, 0.15) is 59.2 Å². The third kappa shape index (κ3) is 6.15. The Hall–Kier alpha value is -4.50. The third-order valence-electron chi connectivity index (χ3n) is 6.40. The van der Waals surface area contributed by atoms with Crippen LogP contribution in [0.5, 0.6) is 0 Å². The number of nitrogens with zero attached hydrogens (tertiary/aromatic N) is 1. The number of benzene rings is 1. The van der Waals surface area contributed by atoms with Crippen LogP contribution in [-0.4, -0.2) is 80.9 Å². The fourth-order valence-electron chi connectivity index (χ4n) is 4.52. The Balaban J connectivity index is 0.000000532. The first-order valence-electron chi connectivity index (χ1n) is 11.6. The summed E-state index contributed by atoms with van der Waals surface area (Å²) in [5.74, 6) is -6.90. The fraction of sp³-hybridized carbons (Fsp3) is 0.435. The van der Waals surface area contributed by atoms with Gasteiger partial charge in [0.2, 0.25) is 17.7 Å². The summed E-state index contributed by atoms with van der Waals surface area (Å²) in [5.41, 5.74) is -0.945. The molecule has 0 aromatic heterocycles. The van der Waals surface area contributed by atoms with Crippen molar-refractivity contribution < 1.29 is 56.9 Å². The highest BCUT2D eigenvalue weighted by molar-refractivity contribution is 6.25. The number of fused-ring (bicyclic) bond motifs is 1. The second-order valence-electron chi connectivity index (χ2n) is 8.97. The lowest BCUT2D eigenvalue weighted by molar-refractivity contribution is -0.192. The summed E-state index contributed by atoms with van der Waals surface area (Å²) in [6, 6.07) is 3.42. The van der Waals surface area contributed by atoms with Gasteiger partial charge in [0.1, 0.15) is 11.6 Å². The molecule has 1 saturated heterocycles. The van der Waals surface area contributed by atoms with Crippen molar-refractivity contribution in [1.29, 1.82) is 0 Å². The van der Waals surface area contributed by atoms with Gasteiger partial charge in [-0.15, -0.1) is 0 Å². The van der Waals surface area contributed by atoms with Crippen molar-refractivity contribution in [3.8, 4) is 0 Å². The molecule has 1 atom stereocenters. The lowest BCUT2D eigenvalue weighted by Gasteiger charge is -2.27. The minimum atomic E-state index is -5.08. The van der Waals surface area contributed by atoms with Crippen molar-refractivity contribution in [3.05, 3.63) is 29.3 Å². The van der Waals surface area contributed by atoms with Crippen LogP contribution in [0.3, 0.4) is 0 Å². The maximum atomic E-state index is 13.0. The molecule has 13 nitrogen and oxygen atoms in total. The summed E-state index contributed by atoms with van der Waals surface area (Å²) in [5, 5.41) is 24.1. The Morgan fingerprint density at radius 3 is 2.21 bits per heavy atom. The molecule has 0 spiro atoms. The van der Waals surface area contributed by atoms with Crippen LogP contribution in [-0.2, 0) is 24.0 Å². The number of piperidine rings is 1. The minimum Gasteiger partial charge on any atom is -0.480 e. The van der Waals surface area contributed by atoms with Gasteiger partial charge in [-0.1, -0.05) is 18.9 Å². The number of aliphatic carboxylic acids is 2. The number of alkyl halides is 3. The van der Waals surface area contributed by atoms with Gasteiger partial charge in [0.05, 0.1) is 17.7 Å². The van der Waals surface area contributed by atoms with Gasteiger partial charge in [-0.05, 0) is 31.4 Å². The van der Waals surface area contributed by atoms with E-state index in [0.29, 0.717) is 25.7 Å². The Morgan fingerprint density at radius 1 is 1.05 bits per heavy atom. The summed E-state index contributed by atoms with van der Waals surface area (Å²) in [7, 11) is 0. The van der Waals surface area contributed by atoms with Crippen molar-refractivity contribution in [3.63, 3.8) is 0 Å². The number of carbonyl (C=O) groups excluding carboxylic acids is 5. The molecule has 1 aliphatic carbocycles. The predicted molar refractivity (Wildman–Crippen MR) is 122 cm³/mol. The number of rotatable bonds is 6. The van der Waals surface area contributed by atoms with E-state index in [4.69, 9.17) is 9.90 Å². The zero-order chi connectivity index (χ0) is 29.1. The normalized spacial score (nSPS) is 20.0. The highest BCUT2D eigenvalue weighted by Gasteiger charge is 2.46. The van der Waals surface area contributed by atoms with Gasteiger partial charge in [-0.2, -0.15) is 13.2 Å². The Kier molecular flexibility index (Phi) is 8.26. The molecule has 2 fully saturated rings. The van der Waals surface area contributed by atoms with Gasteiger partial charge < -0.3 is 20.8 Å². The van der Waals surface area contributed by atoms with Crippen LogP contribution in [0.2, 0.25) is 0 Å². The second-order valence-corrected chi connectivity index (χ2v) is 8.97. The van der Waals surface area contributed by atoms with E-state index in [0.717, 1.165) is 4.90 Å². The highest BCUT2D eigenvalue weighted by Crippen LogP contribution is 2.33. The molecule has 210 valence electrons. The van der Waals surface area contributed by atoms with Crippen molar-refractivity contribution in [2.75, 3.05) is 11.9 Å². The van der Waals surface area contributed by atoms with Gasteiger partial charge >= 0.3 is 18.1 Å². The van der Waals surface area contributed by atoms with Gasteiger partial charge in [0, 0.05) is 12.1 Å². The first kappa shape index (κ1) is 29.1. The molecular formula is C23H23F3N4O9. The number of carboxylic acids is 2. The smallest absolute Gasteiger partial charge is 0.480 e. The number of carbonyl (C=O) groups is 7. The number of anilines is 1. The highest BCUT2D eigenvalue weighted by atomic mass is 19.4. The molecule has 2 heterocycles. The van der Waals surface area contributed by atoms with E-state index < -0.39 is 59.2 Å². The molecule has 0 radical (unpaired) electrons. The molecule has 1 unspecified atom stereocenters. The van der Waals surface area contributed by atoms with Crippen molar-refractivity contribution in [1.82, 2.24) is 15.5 Å². The maximum Gasteiger partial charge on any atom is 0.490 e. The molecule has 1 saturated carbocycles. The number of nitrogens with one attached hydrogen (secondary N) is 3. The molecule has 39 heavy (non-hydrogen) atoms. The summed E-state index contributed by atoms with van der Waals surface area (Å²) >= 11 is 0. The molecule has 5 amide bonds. The third-order valence-corrected chi connectivity index (χ3v) is 6.40. The van der Waals surface area contributed by atoms with Crippen molar-refractivity contribution in [2.45, 2.75) is 56.3 Å². The number of hydrogen-bond acceptors (Lipinski definition) is 8. The van der Waals surface area contributed by atoms with Crippen molar-refractivity contribution in [2.24, 2.45) is 0 Å². The van der Waals surface area contributed by atoms with Gasteiger partial charge in [0.15, 0.2) is 0 Å². The molecule has 4 rings (SSSR count). The van der Waals surface area contributed by atoms with Crippen LogP contribution >= 0.6 is 0 Å². The van der Waals surface area contributed by atoms with Crippen LogP contribution in [0, 0.1) is 0 Å². The van der Waals surface area contributed by atoms with E-state index in [1.165, 1.54) is 18.2 Å². The Bertz CT molecular complexity index is 1240. The molecule has 1 aromatic rings.